The number of hydrogen-bond acceptors (Lipinski definition) is 2. The normalized spacial score (nSPS) is 23.9. The molecule has 0 aromatic heterocycles. The van der Waals surface area contributed by atoms with Gasteiger partial charge in [-0.3, -0.25) is 10.1 Å². The lowest BCUT2D eigenvalue weighted by molar-refractivity contribution is -0.140. The molecule has 0 aliphatic carbocycles. The first-order valence-corrected chi connectivity index (χ1v) is 4.96. The van der Waals surface area contributed by atoms with Crippen molar-refractivity contribution < 1.29 is 18.7 Å². The van der Waals surface area contributed by atoms with E-state index in [-0.39, 0.29) is 17.2 Å². The average molecular weight is 227 g/mol. The summed E-state index contributed by atoms with van der Waals surface area (Å²) < 4.78 is 27.0. The summed E-state index contributed by atoms with van der Waals surface area (Å²) in [7, 11) is 0. The predicted octanol–water partition coefficient (Wildman–Crippen LogP) is 1.62. The molecule has 0 spiro atoms. The van der Waals surface area contributed by atoms with Gasteiger partial charge in [-0.25, -0.2) is 8.78 Å². The number of aliphatic carboxylic acids is 1. The lowest BCUT2D eigenvalue weighted by atomic mass is 9.90. The molecule has 0 saturated heterocycles. The molecule has 1 aliphatic heterocycles. The van der Waals surface area contributed by atoms with Crippen LogP contribution in [0.25, 0.3) is 0 Å². The summed E-state index contributed by atoms with van der Waals surface area (Å²) in [6.45, 7) is 1.74. The summed E-state index contributed by atoms with van der Waals surface area (Å²) >= 11 is 0. The van der Waals surface area contributed by atoms with E-state index < -0.39 is 23.6 Å². The van der Waals surface area contributed by atoms with Gasteiger partial charge in [0.05, 0.1) is 0 Å². The van der Waals surface area contributed by atoms with E-state index in [1.54, 1.807) is 6.92 Å². The Bertz CT molecular complexity index is 448. The van der Waals surface area contributed by atoms with E-state index in [0.29, 0.717) is 6.42 Å². The second kappa shape index (κ2) is 3.83. The molecule has 0 fully saturated rings. The Morgan fingerprint density at radius 1 is 1.44 bits per heavy atom. The predicted molar refractivity (Wildman–Crippen MR) is 53.0 cm³/mol. The van der Waals surface area contributed by atoms with Gasteiger partial charge in [0.1, 0.15) is 17.7 Å². The third kappa shape index (κ3) is 1.67. The highest BCUT2D eigenvalue weighted by molar-refractivity contribution is 5.76. The minimum atomic E-state index is -1.20. The molecule has 1 aromatic carbocycles. The van der Waals surface area contributed by atoms with E-state index in [2.05, 4.69) is 5.32 Å². The molecule has 0 bridgehead atoms. The van der Waals surface area contributed by atoms with Crippen molar-refractivity contribution in [3.63, 3.8) is 0 Å². The van der Waals surface area contributed by atoms with Crippen molar-refractivity contribution >= 4 is 5.97 Å². The first-order valence-electron chi connectivity index (χ1n) is 4.96. The largest absolute Gasteiger partial charge is 0.480 e. The summed E-state index contributed by atoms with van der Waals surface area (Å²) in [4.78, 5) is 11.0. The number of benzene rings is 1. The molecular formula is C11H11F2NO2. The van der Waals surface area contributed by atoms with Crippen LogP contribution in [0.2, 0.25) is 0 Å². The van der Waals surface area contributed by atoms with Gasteiger partial charge in [-0.15, -0.1) is 0 Å². The van der Waals surface area contributed by atoms with E-state index >= 15 is 0 Å². The molecular weight excluding hydrogens is 216 g/mol. The van der Waals surface area contributed by atoms with Crippen molar-refractivity contribution in [3.8, 4) is 0 Å². The van der Waals surface area contributed by atoms with Crippen molar-refractivity contribution in [2.75, 3.05) is 0 Å². The highest BCUT2D eigenvalue weighted by Crippen LogP contribution is 2.29. The van der Waals surface area contributed by atoms with E-state index in [1.165, 1.54) is 0 Å². The lowest BCUT2D eigenvalue weighted by Crippen LogP contribution is -2.42. The molecule has 0 radical (unpaired) electrons. The zero-order valence-electron chi connectivity index (χ0n) is 8.63. The van der Waals surface area contributed by atoms with Gasteiger partial charge in [-0.1, -0.05) is 0 Å². The molecule has 1 aromatic rings. The van der Waals surface area contributed by atoms with Crippen molar-refractivity contribution in [2.24, 2.45) is 0 Å². The molecule has 2 unspecified atom stereocenters. The maximum Gasteiger partial charge on any atom is 0.325 e. The Labute approximate surface area is 91.1 Å². The molecule has 2 N–H and O–H groups in total. The lowest BCUT2D eigenvalue weighted by Gasteiger charge is -2.29. The molecule has 3 nitrogen and oxygen atoms in total. The number of rotatable bonds is 1. The second-order valence-electron chi connectivity index (χ2n) is 3.96. The van der Waals surface area contributed by atoms with Crippen LogP contribution in [-0.4, -0.2) is 17.1 Å². The molecule has 0 saturated carbocycles. The SMILES string of the molecule is CC1Cc2c(F)ccc(F)c2C(C(=O)O)N1. The quantitative estimate of drug-likeness (QED) is 0.766. The molecule has 16 heavy (non-hydrogen) atoms. The molecule has 0 amide bonds. The minimum absolute atomic E-state index is 0.0781. The minimum Gasteiger partial charge on any atom is -0.480 e. The number of hydrogen-bond donors (Lipinski definition) is 2. The van der Waals surface area contributed by atoms with E-state index in [9.17, 15) is 13.6 Å². The number of fused-ring (bicyclic) bond motifs is 1. The van der Waals surface area contributed by atoms with Crippen LogP contribution in [0.5, 0.6) is 0 Å². The number of carboxylic acid groups (broad SMARTS) is 1. The Morgan fingerprint density at radius 3 is 2.69 bits per heavy atom. The van der Waals surface area contributed by atoms with Crippen molar-refractivity contribution in [3.05, 3.63) is 34.9 Å². The molecule has 86 valence electrons. The standard InChI is InChI=1S/C11H11F2NO2/c1-5-4-6-7(12)2-3-8(13)9(6)10(14-5)11(15)16/h2-3,5,10,14H,4H2,1H3,(H,15,16). The van der Waals surface area contributed by atoms with E-state index in [0.717, 1.165) is 12.1 Å². The van der Waals surface area contributed by atoms with Crippen LogP contribution in [0.4, 0.5) is 8.78 Å². The van der Waals surface area contributed by atoms with Gasteiger partial charge in [0.2, 0.25) is 0 Å². The Morgan fingerprint density at radius 2 is 2.06 bits per heavy atom. The van der Waals surface area contributed by atoms with Gasteiger partial charge in [0.25, 0.3) is 0 Å². The molecule has 5 heteroatoms. The molecule has 1 aliphatic rings. The van der Waals surface area contributed by atoms with Crippen LogP contribution < -0.4 is 5.32 Å². The van der Waals surface area contributed by atoms with Crippen LogP contribution in [0, 0.1) is 11.6 Å². The smallest absolute Gasteiger partial charge is 0.325 e. The summed E-state index contributed by atoms with van der Waals surface area (Å²) in [5, 5.41) is 11.7. The maximum atomic E-state index is 13.5. The van der Waals surface area contributed by atoms with E-state index in [4.69, 9.17) is 5.11 Å². The molecule has 1 heterocycles. The highest BCUT2D eigenvalue weighted by atomic mass is 19.1. The van der Waals surface area contributed by atoms with Gasteiger partial charge < -0.3 is 5.11 Å². The summed E-state index contributed by atoms with van der Waals surface area (Å²) in [6, 6.07) is 0.631. The van der Waals surface area contributed by atoms with Crippen LogP contribution in [-0.2, 0) is 11.2 Å². The number of carbonyl (C=O) groups is 1. The van der Waals surface area contributed by atoms with Gasteiger partial charge in [-0.2, -0.15) is 0 Å². The maximum absolute atomic E-state index is 13.5. The van der Waals surface area contributed by atoms with Crippen LogP contribution in [0.3, 0.4) is 0 Å². The van der Waals surface area contributed by atoms with Crippen molar-refractivity contribution in [1.29, 1.82) is 0 Å². The van der Waals surface area contributed by atoms with Crippen LogP contribution in [0.15, 0.2) is 12.1 Å². The topological polar surface area (TPSA) is 49.3 Å². The molecule has 2 atom stereocenters. The van der Waals surface area contributed by atoms with Crippen LogP contribution >= 0.6 is 0 Å². The first-order chi connectivity index (χ1) is 7.50. The fourth-order valence-electron chi connectivity index (χ4n) is 2.06. The first kappa shape index (κ1) is 11.0. The van der Waals surface area contributed by atoms with Gasteiger partial charge >= 0.3 is 5.97 Å². The Kier molecular flexibility index (Phi) is 2.63. The monoisotopic (exact) mass is 227 g/mol. The molecule has 2 rings (SSSR count). The summed E-state index contributed by atoms with van der Waals surface area (Å²) in [5.74, 6) is -2.42. The van der Waals surface area contributed by atoms with E-state index in [1.807, 2.05) is 0 Å². The van der Waals surface area contributed by atoms with Crippen molar-refractivity contribution in [2.45, 2.75) is 25.4 Å². The van der Waals surface area contributed by atoms with Crippen LogP contribution in [0.1, 0.15) is 24.1 Å². The zero-order valence-corrected chi connectivity index (χ0v) is 8.63. The Balaban J connectivity index is 2.60. The van der Waals surface area contributed by atoms with Gasteiger partial charge in [-0.05, 0) is 31.0 Å². The Hall–Kier alpha value is -1.49. The highest BCUT2D eigenvalue weighted by Gasteiger charge is 2.33. The number of nitrogens with one attached hydrogen (secondary N) is 1. The zero-order chi connectivity index (χ0) is 11.9. The third-order valence-corrected chi connectivity index (χ3v) is 2.74. The number of halogens is 2. The number of carboxylic acids is 1. The fourth-order valence-corrected chi connectivity index (χ4v) is 2.06. The van der Waals surface area contributed by atoms with Gasteiger partial charge in [0, 0.05) is 11.6 Å². The summed E-state index contributed by atoms with van der Waals surface area (Å²) in [5.41, 5.74) is 0.0873. The fraction of sp³-hybridized carbons (Fsp3) is 0.364. The van der Waals surface area contributed by atoms with Gasteiger partial charge in [0.15, 0.2) is 0 Å². The van der Waals surface area contributed by atoms with Crippen molar-refractivity contribution in [1.82, 2.24) is 5.32 Å². The third-order valence-electron chi connectivity index (χ3n) is 2.74. The summed E-state index contributed by atoms with van der Waals surface area (Å²) in [6.07, 6.45) is 0.294. The average Bonchev–Trinajstić information content (AvgIpc) is 2.22. The second-order valence-corrected chi connectivity index (χ2v) is 3.96.